The third kappa shape index (κ3) is 6.45. The monoisotopic (exact) mass is 308 g/mol. The smallest absolute Gasteiger partial charge is 0.237 e. The highest BCUT2D eigenvalue weighted by Gasteiger charge is 2.17. The van der Waals surface area contributed by atoms with Gasteiger partial charge < -0.3 is 14.8 Å². The van der Waals surface area contributed by atoms with Crippen molar-refractivity contribution in [3.63, 3.8) is 0 Å². The van der Waals surface area contributed by atoms with E-state index in [1.165, 1.54) is 0 Å². The Morgan fingerprint density at radius 1 is 1.32 bits per heavy atom. The molecular formula is C17H28N2O3. The number of nitrogens with one attached hydrogen (secondary N) is 1. The fourth-order valence-corrected chi connectivity index (χ4v) is 2.03. The van der Waals surface area contributed by atoms with Gasteiger partial charge in [0.2, 0.25) is 5.91 Å². The Morgan fingerprint density at radius 2 is 2.00 bits per heavy atom. The van der Waals surface area contributed by atoms with Crippen molar-refractivity contribution in [2.24, 2.45) is 0 Å². The van der Waals surface area contributed by atoms with Crippen LogP contribution in [0.4, 0.5) is 0 Å². The lowest BCUT2D eigenvalue weighted by Crippen LogP contribution is -2.43. The van der Waals surface area contributed by atoms with Crippen molar-refractivity contribution in [2.45, 2.75) is 32.9 Å². The van der Waals surface area contributed by atoms with Crippen LogP contribution in [0.3, 0.4) is 0 Å². The van der Waals surface area contributed by atoms with Crippen LogP contribution >= 0.6 is 0 Å². The van der Waals surface area contributed by atoms with Crippen molar-refractivity contribution in [3.05, 3.63) is 29.8 Å². The molecule has 5 nitrogen and oxygen atoms in total. The van der Waals surface area contributed by atoms with E-state index in [-0.39, 0.29) is 11.9 Å². The highest BCUT2D eigenvalue weighted by molar-refractivity contribution is 5.81. The lowest BCUT2D eigenvalue weighted by molar-refractivity contribution is -0.125. The van der Waals surface area contributed by atoms with Crippen LogP contribution in [-0.4, -0.2) is 50.8 Å². The first-order chi connectivity index (χ1) is 10.6. The average molecular weight is 308 g/mol. The second-order valence-electron chi connectivity index (χ2n) is 5.28. The molecule has 0 bridgehead atoms. The Hall–Kier alpha value is -1.59. The maximum atomic E-state index is 12.1. The molecule has 0 aliphatic rings. The fourth-order valence-electron chi connectivity index (χ4n) is 2.03. The average Bonchev–Trinajstić information content (AvgIpc) is 2.54. The van der Waals surface area contributed by atoms with Gasteiger partial charge in [0.25, 0.3) is 0 Å². The first kappa shape index (κ1) is 18.5. The minimum absolute atomic E-state index is 0.0486. The predicted octanol–water partition coefficient (Wildman–Crippen LogP) is 2.06. The zero-order valence-corrected chi connectivity index (χ0v) is 14.1. The summed E-state index contributed by atoms with van der Waals surface area (Å²) in [6, 6.07) is 7.72. The van der Waals surface area contributed by atoms with Gasteiger partial charge in [-0.1, -0.05) is 12.1 Å². The highest BCUT2D eigenvalue weighted by atomic mass is 16.5. The van der Waals surface area contributed by atoms with Gasteiger partial charge in [-0.2, -0.15) is 0 Å². The van der Waals surface area contributed by atoms with Crippen molar-refractivity contribution in [2.75, 3.05) is 33.9 Å². The maximum Gasteiger partial charge on any atom is 0.237 e. The summed E-state index contributed by atoms with van der Waals surface area (Å²) < 4.78 is 10.4. The molecule has 1 unspecified atom stereocenters. The fraction of sp³-hybridized carbons (Fsp3) is 0.588. The van der Waals surface area contributed by atoms with Crippen molar-refractivity contribution < 1.29 is 14.3 Å². The number of likely N-dealkylation sites (N-methyl/N-ethyl adjacent to an activating group) is 1. The Labute approximate surface area is 133 Å². The van der Waals surface area contributed by atoms with Crippen molar-refractivity contribution >= 4 is 5.91 Å². The van der Waals surface area contributed by atoms with E-state index in [1.807, 2.05) is 50.1 Å². The molecule has 0 spiro atoms. The molecule has 0 radical (unpaired) electrons. The van der Waals surface area contributed by atoms with Gasteiger partial charge in [0.15, 0.2) is 0 Å². The zero-order valence-electron chi connectivity index (χ0n) is 14.1. The van der Waals surface area contributed by atoms with Gasteiger partial charge in [-0.05, 0) is 45.0 Å². The first-order valence-corrected chi connectivity index (χ1v) is 7.77. The number of methoxy groups -OCH3 is 1. The number of hydrogen-bond donors (Lipinski definition) is 1. The second kappa shape index (κ2) is 10.2. The highest BCUT2D eigenvalue weighted by Crippen LogP contribution is 2.13. The number of hydrogen-bond acceptors (Lipinski definition) is 4. The molecule has 0 fully saturated rings. The van der Waals surface area contributed by atoms with Gasteiger partial charge in [-0.25, -0.2) is 0 Å². The molecule has 0 saturated heterocycles. The molecular weight excluding hydrogens is 280 g/mol. The number of carbonyl (C=O) groups excluding carboxylic acids is 1. The number of amides is 1. The molecule has 0 saturated carbocycles. The molecule has 1 N–H and O–H groups in total. The van der Waals surface area contributed by atoms with Gasteiger partial charge in [0, 0.05) is 26.3 Å². The molecule has 0 heterocycles. The van der Waals surface area contributed by atoms with E-state index in [9.17, 15) is 4.79 Å². The summed E-state index contributed by atoms with van der Waals surface area (Å²) in [5.74, 6) is 0.888. The molecule has 1 atom stereocenters. The maximum absolute atomic E-state index is 12.1. The lowest BCUT2D eigenvalue weighted by atomic mass is 10.2. The summed E-state index contributed by atoms with van der Waals surface area (Å²) in [6.07, 6.45) is 0.842. The van der Waals surface area contributed by atoms with Gasteiger partial charge in [0.1, 0.15) is 5.75 Å². The van der Waals surface area contributed by atoms with Crippen LogP contribution in [-0.2, 0) is 16.1 Å². The normalized spacial score (nSPS) is 12.2. The number of rotatable bonds is 10. The van der Waals surface area contributed by atoms with E-state index in [0.717, 1.165) is 30.9 Å². The van der Waals surface area contributed by atoms with Crippen LogP contribution in [0.25, 0.3) is 0 Å². The quantitative estimate of drug-likeness (QED) is 0.672. The molecule has 5 heteroatoms. The van der Waals surface area contributed by atoms with Crippen LogP contribution in [0.1, 0.15) is 25.8 Å². The topological polar surface area (TPSA) is 50.8 Å². The Balaban J connectivity index is 2.36. The number of benzene rings is 1. The standard InChI is InChI=1S/C17H28N2O3/c1-5-22-12-6-11-18-17(20)14(2)19(3)13-15-7-9-16(21-4)10-8-15/h7-10,14H,5-6,11-13H2,1-4H3,(H,18,20). The van der Waals surface area contributed by atoms with E-state index in [2.05, 4.69) is 5.32 Å². The molecule has 22 heavy (non-hydrogen) atoms. The van der Waals surface area contributed by atoms with Crippen molar-refractivity contribution in [1.82, 2.24) is 10.2 Å². The zero-order chi connectivity index (χ0) is 16.4. The van der Waals surface area contributed by atoms with E-state index in [0.29, 0.717) is 13.2 Å². The third-order valence-corrected chi connectivity index (χ3v) is 3.60. The van der Waals surface area contributed by atoms with Crippen molar-refractivity contribution in [1.29, 1.82) is 0 Å². The summed E-state index contributed by atoms with van der Waals surface area (Å²) in [7, 11) is 3.60. The number of ether oxygens (including phenoxy) is 2. The van der Waals surface area contributed by atoms with Crippen LogP contribution in [0.15, 0.2) is 24.3 Å². The molecule has 1 amide bonds. The SMILES string of the molecule is CCOCCCNC(=O)C(C)N(C)Cc1ccc(OC)cc1. The lowest BCUT2D eigenvalue weighted by Gasteiger charge is -2.24. The summed E-state index contributed by atoms with van der Waals surface area (Å²) in [6.45, 7) is 6.66. The van der Waals surface area contributed by atoms with Crippen LogP contribution in [0, 0.1) is 0 Å². The van der Waals surface area contributed by atoms with E-state index in [4.69, 9.17) is 9.47 Å². The minimum atomic E-state index is -0.172. The summed E-state index contributed by atoms with van der Waals surface area (Å²) >= 11 is 0. The molecule has 0 aromatic heterocycles. The molecule has 1 rings (SSSR count). The van der Waals surface area contributed by atoms with E-state index >= 15 is 0 Å². The molecule has 0 aliphatic carbocycles. The number of nitrogens with zero attached hydrogens (tertiary/aromatic N) is 1. The molecule has 0 aliphatic heterocycles. The second-order valence-corrected chi connectivity index (χ2v) is 5.28. The molecule has 124 valence electrons. The Bertz CT molecular complexity index is 434. The number of carbonyl (C=O) groups is 1. The van der Waals surface area contributed by atoms with Crippen LogP contribution in [0.2, 0.25) is 0 Å². The molecule has 1 aromatic carbocycles. The van der Waals surface area contributed by atoms with Crippen LogP contribution < -0.4 is 10.1 Å². The van der Waals surface area contributed by atoms with Gasteiger partial charge in [-0.15, -0.1) is 0 Å². The van der Waals surface area contributed by atoms with E-state index in [1.54, 1.807) is 7.11 Å². The van der Waals surface area contributed by atoms with E-state index < -0.39 is 0 Å². The first-order valence-electron chi connectivity index (χ1n) is 7.77. The van der Waals surface area contributed by atoms with Gasteiger partial charge in [-0.3, -0.25) is 9.69 Å². The molecule has 1 aromatic rings. The summed E-state index contributed by atoms with van der Waals surface area (Å²) in [4.78, 5) is 14.1. The van der Waals surface area contributed by atoms with Crippen molar-refractivity contribution in [3.8, 4) is 5.75 Å². The third-order valence-electron chi connectivity index (χ3n) is 3.60. The van der Waals surface area contributed by atoms with Gasteiger partial charge in [0.05, 0.1) is 13.2 Å². The Morgan fingerprint density at radius 3 is 2.59 bits per heavy atom. The summed E-state index contributed by atoms with van der Waals surface area (Å²) in [5.41, 5.74) is 1.15. The predicted molar refractivity (Wildman–Crippen MR) is 88.0 cm³/mol. The largest absolute Gasteiger partial charge is 0.497 e. The minimum Gasteiger partial charge on any atom is -0.497 e. The Kier molecular flexibility index (Phi) is 8.55. The van der Waals surface area contributed by atoms with Gasteiger partial charge >= 0.3 is 0 Å². The summed E-state index contributed by atoms with van der Waals surface area (Å²) in [5, 5.41) is 2.95. The van der Waals surface area contributed by atoms with Crippen LogP contribution in [0.5, 0.6) is 5.75 Å².